The van der Waals surface area contributed by atoms with Gasteiger partial charge in [0.15, 0.2) is 0 Å². The van der Waals surface area contributed by atoms with Gasteiger partial charge in [0, 0.05) is 12.6 Å². The average molecular weight is 128 g/mol. The minimum absolute atomic E-state index is 0.604. The lowest BCUT2D eigenvalue weighted by Crippen LogP contribution is -2.35. The predicted octanol–water partition coefficient (Wildman–Crippen LogP) is 0.429. The second-order valence-electron chi connectivity index (χ2n) is 2.83. The molecule has 0 spiro atoms. The van der Waals surface area contributed by atoms with Crippen LogP contribution in [0.2, 0.25) is 0 Å². The first kappa shape index (κ1) is 7.03. The van der Waals surface area contributed by atoms with E-state index in [0.29, 0.717) is 6.04 Å². The normalized spacial score (nSPS) is 24.7. The van der Waals surface area contributed by atoms with Crippen LogP contribution < -0.4 is 5.73 Å². The lowest BCUT2D eigenvalue weighted by Gasteiger charge is -2.21. The van der Waals surface area contributed by atoms with Crippen molar-refractivity contribution in [3.8, 4) is 0 Å². The summed E-state index contributed by atoms with van der Waals surface area (Å²) in [6.07, 6.45) is 2.73. The van der Waals surface area contributed by atoms with Crippen molar-refractivity contribution >= 4 is 0 Å². The molecule has 2 heteroatoms. The first-order valence-electron chi connectivity index (χ1n) is 3.78. The van der Waals surface area contributed by atoms with Gasteiger partial charge in [-0.2, -0.15) is 0 Å². The molecule has 0 amide bonds. The highest BCUT2D eigenvalue weighted by molar-refractivity contribution is 4.72. The SMILES string of the molecule is C[C@H](CN)N1CCCC1. The van der Waals surface area contributed by atoms with Crippen LogP contribution in [0.4, 0.5) is 0 Å². The molecule has 1 fully saturated rings. The van der Waals surface area contributed by atoms with Crippen LogP contribution in [0.1, 0.15) is 19.8 Å². The lowest BCUT2D eigenvalue weighted by atomic mass is 10.3. The Bertz CT molecular complexity index is 77.0. The third kappa shape index (κ3) is 1.66. The standard InChI is InChI=1S/C7H16N2/c1-7(6-8)9-4-2-3-5-9/h7H,2-6,8H2,1H3/t7-/m1/s1. The van der Waals surface area contributed by atoms with Gasteiger partial charge in [0.2, 0.25) is 0 Å². The Labute approximate surface area is 57.0 Å². The number of nitrogens with zero attached hydrogens (tertiary/aromatic N) is 1. The molecule has 0 radical (unpaired) electrons. The van der Waals surface area contributed by atoms with Crippen LogP contribution in [-0.4, -0.2) is 30.6 Å². The minimum Gasteiger partial charge on any atom is -0.329 e. The summed E-state index contributed by atoms with van der Waals surface area (Å²) in [4.78, 5) is 2.46. The number of nitrogens with two attached hydrogens (primary N) is 1. The Balaban J connectivity index is 2.24. The summed E-state index contributed by atoms with van der Waals surface area (Å²) < 4.78 is 0. The molecule has 0 aliphatic carbocycles. The fourth-order valence-corrected chi connectivity index (χ4v) is 1.33. The van der Waals surface area contributed by atoms with E-state index in [1.807, 2.05) is 0 Å². The van der Waals surface area contributed by atoms with Crippen LogP contribution in [0, 0.1) is 0 Å². The van der Waals surface area contributed by atoms with E-state index in [1.165, 1.54) is 25.9 Å². The van der Waals surface area contributed by atoms with Gasteiger partial charge >= 0.3 is 0 Å². The molecule has 0 aromatic heterocycles. The van der Waals surface area contributed by atoms with Crippen LogP contribution in [-0.2, 0) is 0 Å². The Morgan fingerprint density at radius 2 is 2.00 bits per heavy atom. The molecule has 1 aliphatic heterocycles. The fraction of sp³-hybridized carbons (Fsp3) is 1.00. The predicted molar refractivity (Wildman–Crippen MR) is 39.3 cm³/mol. The summed E-state index contributed by atoms with van der Waals surface area (Å²) in [5.74, 6) is 0. The zero-order chi connectivity index (χ0) is 6.69. The Hall–Kier alpha value is -0.0800. The quantitative estimate of drug-likeness (QED) is 0.584. The zero-order valence-electron chi connectivity index (χ0n) is 6.14. The van der Waals surface area contributed by atoms with Crippen LogP contribution in [0.25, 0.3) is 0 Å². The summed E-state index contributed by atoms with van der Waals surface area (Å²) in [5, 5.41) is 0. The first-order valence-corrected chi connectivity index (χ1v) is 3.78. The van der Waals surface area contributed by atoms with Gasteiger partial charge in [-0.25, -0.2) is 0 Å². The highest BCUT2D eigenvalue weighted by Gasteiger charge is 2.15. The summed E-state index contributed by atoms with van der Waals surface area (Å²) >= 11 is 0. The van der Waals surface area contributed by atoms with Crippen molar-refractivity contribution in [2.75, 3.05) is 19.6 Å². The van der Waals surface area contributed by atoms with Gasteiger partial charge in [0.05, 0.1) is 0 Å². The second-order valence-corrected chi connectivity index (χ2v) is 2.83. The van der Waals surface area contributed by atoms with E-state index in [9.17, 15) is 0 Å². The van der Waals surface area contributed by atoms with Crippen LogP contribution in [0.5, 0.6) is 0 Å². The summed E-state index contributed by atoms with van der Waals surface area (Å²) in [7, 11) is 0. The molecular weight excluding hydrogens is 112 g/mol. The molecule has 0 aromatic carbocycles. The highest BCUT2D eigenvalue weighted by atomic mass is 15.2. The van der Waals surface area contributed by atoms with Crippen molar-refractivity contribution in [3.05, 3.63) is 0 Å². The van der Waals surface area contributed by atoms with E-state index in [-0.39, 0.29) is 0 Å². The molecule has 2 N–H and O–H groups in total. The summed E-state index contributed by atoms with van der Waals surface area (Å²) in [5.41, 5.74) is 5.51. The molecule has 0 bridgehead atoms. The van der Waals surface area contributed by atoms with Gasteiger partial charge in [-0.15, -0.1) is 0 Å². The van der Waals surface area contributed by atoms with Gasteiger partial charge in [0.25, 0.3) is 0 Å². The molecule has 0 aromatic rings. The monoisotopic (exact) mass is 128 g/mol. The smallest absolute Gasteiger partial charge is 0.0190 e. The lowest BCUT2D eigenvalue weighted by molar-refractivity contribution is 0.264. The maximum absolute atomic E-state index is 5.51. The fourth-order valence-electron chi connectivity index (χ4n) is 1.33. The minimum atomic E-state index is 0.604. The Morgan fingerprint density at radius 1 is 1.44 bits per heavy atom. The van der Waals surface area contributed by atoms with Gasteiger partial charge < -0.3 is 5.73 Å². The van der Waals surface area contributed by atoms with Crippen LogP contribution in [0.15, 0.2) is 0 Å². The van der Waals surface area contributed by atoms with E-state index in [0.717, 1.165) is 6.54 Å². The van der Waals surface area contributed by atoms with Crippen LogP contribution >= 0.6 is 0 Å². The molecule has 1 aliphatic rings. The number of likely N-dealkylation sites (tertiary alicyclic amines) is 1. The van der Waals surface area contributed by atoms with Gasteiger partial charge in [0.1, 0.15) is 0 Å². The topological polar surface area (TPSA) is 29.3 Å². The van der Waals surface area contributed by atoms with Gasteiger partial charge in [-0.3, -0.25) is 4.90 Å². The molecule has 1 heterocycles. The number of rotatable bonds is 2. The van der Waals surface area contributed by atoms with E-state index < -0.39 is 0 Å². The van der Waals surface area contributed by atoms with Crippen molar-refractivity contribution in [3.63, 3.8) is 0 Å². The summed E-state index contributed by atoms with van der Waals surface area (Å²) in [6, 6.07) is 0.604. The molecular formula is C7H16N2. The molecule has 1 saturated heterocycles. The first-order chi connectivity index (χ1) is 4.34. The van der Waals surface area contributed by atoms with E-state index in [2.05, 4.69) is 11.8 Å². The molecule has 0 saturated carbocycles. The molecule has 1 rings (SSSR count). The summed E-state index contributed by atoms with van der Waals surface area (Å²) in [6.45, 7) is 5.53. The van der Waals surface area contributed by atoms with Crippen molar-refractivity contribution in [1.29, 1.82) is 0 Å². The second kappa shape index (κ2) is 3.18. The van der Waals surface area contributed by atoms with Crippen molar-refractivity contribution in [2.45, 2.75) is 25.8 Å². The largest absolute Gasteiger partial charge is 0.329 e. The van der Waals surface area contributed by atoms with E-state index in [1.54, 1.807) is 0 Å². The molecule has 0 unspecified atom stereocenters. The maximum Gasteiger partial charge on any atom is 0.0190 e. The van der Waals surface area contributed by atoms with E-state index in [4.69, 9.17) is 5.73 Å². The number of hydrogen-bond acceptors (Lipinski definition) is 2. The number of hydrogen-bond donors (Lipinski definition) is 1. The molecule has 2 nitrogen and oxygen atoms in total. The van der Waals surface area contributed by atoms with Gasteiger partial charge in [-0.05, 0) is 32.9 Å². The van der Waals surface area contributed by atoms with Crippen LogP contribution in [0.3, 0.4) is 0 Å². The van der Waals surface area contributed by atoms with Gasteiger partial charge in [-0.1, -0.05) is 0 Å². The Morgan fingerprint density at radius 3 is 2.44 bits per heavy atom. The average Bonchev–Trinajstić information content (AvgIpc) is 2.37. The van der Waals surface area contributed by atoms with Crippen molar-refractivity contribution in [1.82, 2.24) is 4.90 Å². The van der Waals surface area contributed by atoms with Crippen molar-refractivity contribution in [2.24, 2.45) is 5.73 Å². The molecule has 54 valence electrons. The van der Waals surface area contributed by atoms with Crippen molar-refractivity contribution < 1.29 is 0 Å². The molecule has 9 heavy (non-hydrogen) atoms. The third-order valence-corrected chi connectivity index (χ3v) is 2.11. The molecule has 1 atom stereocenters. The van der Waals surface area contributed by atoms with E-state index >= 15 is 0 Å². The third-order valence-electron chi connectivity index (χ3n) is 2.11. The Kier molecular flexibility index (Phi) is 2.49. The maximum atomic E-state index is 5.51. The zero-order valence-corrected chi connectivity index (χ0v) is 6.14. The highest BCUT2D eigenvalue weighted by Crippen LogP contribution is 2.09.